The second-order valence-electron chi connectivity index (χ2n) is 18.6. The van der Waals surface area contributed by atoms with Gasteiger partial charge >= 0.3 is 0 Å². The summed E-state index contributed by atoms with van der Waals surface area (Å²) in [5, 5.41) is 20.8. The average molecular weight is 1030 g/mol. The van der Waals surface area contributed by atoms with Crippen LogP contribution < -0.4 is 25.4 Å². The van der Waals surface area contributed by atoms with Crippen molar-refractivity contribution in [2.75, 3.05) is 44.9 Å². The number of hydrogen-bond acceptors (Lipinski definition) is 13. The number of anilines is 2. The van der Waals surface area contributed by atoms with Crippen LogP contribution in [0.25, 0.3) is 32.5 Å². The molecule has 3 atom stereocenters. The lowest BCUT2D eigenvalue weighted by Gasteiger charge is -2.35. The van der Waals surface area contributed by atoms with Gasteiger partial charge in [-0.1, -0.05) is 87.0 Å². The number of fused-ring (bicyclic) bond motifs is 1. The van der Waals surface area contributed by atoms with Crippen LogP contribution in [0.5, 0.6) is 11.5 Å². The van der Waals surface area contributed by atoms with Crippen molar-refractivity contribution in [3.05, 3.63) is 149 Å². The van der Waals surface area contributed by atoms with Crippen molar-refractivity contribution in [3.8, 4) is 33.1 Å². The summed E-state index contributed by atoms with van der Waals surface area (Å²) in [6.45, 7) is 8.44. The molecule has 15 nitrogen and oxygen atoms in total. The summed E-state index contributed by atoms with van der Waals surface area (Å²) in [5.74, 6) is 0.0713. The highest BCUT2D eigenvalue weighted by atomic mass is 35.5. The highest BCUT2D eigenvalue weighted by Crippen LogP contribution is 2.34. The number of amides is 3. The fourth-order valence-corrected chi connectivity index (χ4v) is 9.33. The summed E-state index contributed by atoms with van der Waals surface area (Å²) < 4.78 is 36.6. The van der Waals surface area contributed by atoms with Gasteiger partial charge in [-0.05, 0) is 94.8 Å². The molecule has 0 aliphatic carbocycles. The Balaban J connectivity index is 0.747. The Kier molecular flexibility index (Phi) is 17.3. The number of aryl methyl sites for hydroxylation is 1. The van der Waals surface area contributed by atoms with E-state index in [0.29, 0.717) is 33.6 Å². The van der Waals surface area contributed by atoms with Crippen molar-refractivity contribution >= 4 is 63.1 Å². The SMILES string of the molecule is Cc1ncsc1-c1ccc(CNC(=O)[C@H]2C[C@H](O)CN2C(=O)C(NC(=O)COCCOCCOc2ccc(-c3ccc4ncnc(Nc5ccc(OCc6cccc(F)c6)c(Cl)c5)c4c3)cc2)C(C)(C)C)cc1. The number of halogens is 2. The van der Waals surface area contributed by atoms with Crippen LogP contribution in [-0.2, 0) is 37.0 Å². The summed E-state index contributed by atoms with van der Waals surface area (Å²) in [5.41, 5.74) is 8.04. The molecule has 1 saturated heterocycles. The Morgan fingerprint density at radius 1 is 0.849 bits per heavy atom. The largest absolute Gasteiger partial charge is 0.491 e. The van der Waals surface area contributed by atoms with Crippen LogP contribution in [0.15, 0.2) is 121 Å². The van der Waals surface area contributed by atoms with Gasteiger partial charge < -0.3 is 44.9 Å². The van der Waals surface area contributed by atoms with Crippen molar-refractivity contribution in [2.45, 2.75) is 65.5 Å². The van der Waals surface area contributed by atoms with E-state index >= 15 is 0 Å². The summed E-state index contributed by atoms with van der Waals surface area (Å²) >= 11 is 8.13. The van der Waals surface area contributed by atoms with Crippen LogP contribution in [0.3, 0.4) is 0 Å². The molecule has 1 aliphatic rings. The molecular formula is C55H57ClFN7O8S. The van der Waals surface area contributed by atoms with Gasteiger partial charge in [0.25, 0.3) is 0 Å². The maximum Gasteiger partial charge on any atom is 0.246 e. The quantitative estimate of drug-likeness (QED) is 0.0502. The molecule has 0 radical (unpaired) electrons. The van der Waals surface area contributed by atoms with Crippen LogP contribution in [-0.4, -0.2) is 100 Å². The molecule has 3 heterocycles. The second kappa shape index (κ2) is 24.1. The van der Waals surface area contributed by atoms with Gasteiger partial charge in [-0.25, -0.2) is 19.3 Å². The van der Waals surface area contributed by atoms with E-state index in [1.165, 1.54) is 23.4 Å². The first-order valence-corrected chi connectivity index (χ1v) is 25.1. The van der Waals surface area contributed by atoms with Crippen LogP contribution in [0.4, 0.5) is 15.9 Å². The van der Waals surface area contributed by atoms with Gasteiger partial charge in [0.15, 0.2) is 0 Å². The summed E-state index contributed by atoms with van der Waals surface area (Å²) in [6, 6.07) is 31.1. The van der Waals surface area contributed by atoms with Gasteiger partial charge in [0.1, 0.15) is 61.4 Å². The predicted molar refractivity (Wildman–Crippen MR) is 279 cm³/mol. The fraction of sp³-hybridized carbons (Fsp3) is 0.309. The molecule has 73 heavy (non-hydrogen) atoms. The van der Waals surface area contributed by atoms with Crippen LogP contribution in [0.1, 0.15) is 44.0 Å². The van der Waals surface area contributed by atoms with E-state index in [1.54, 1.807) is 35.6 Å². The maximum atomic E-state index is 14.0. The van der Waals surface area contributed by atoms with Crippen LogP contribution >= 0.6 is 22.9 Å². The summed E-state index contributed by atoms with van der Waals surface area (Å²) in [7, 11) is 0. The molecule has 1 aliphatic heterocycles. The minimum atomic E-state index is -0.980. The van der Waals surface area contributed by atoms with Crippen LogP contribution in [0, 0.1) is 18.2 Å². The zero-order chi connectivity index (χ0) is 51.5. The van der Waals surface area contributed by atoms with E-state index in [1.807, 2.05) is 106 Å². The Morgan fingerprint density at radius 2 is 1.60 bits per heavy atom. The van der Waals surface area contributed by atoms with Gasteiger partial charge in [-0.3, -0.25) is 14.4 Å². The molecule has 0 saturated carbocycles. The number of nitrogens with one attached hydrogen (secondary N) is 3. The summed E-state index contributed by atoms with van der Waals surface area (Å²) in [6.07, 6.45) is 0.702. The van der Waals surface area contributed by atoms with Crippen molar-refractivity contribution in [1.82, 2.24) is 30.5 Å². The molecule has 1 fully saturated rings. The Morgan fingerprint density at radius 3 is 2.34 bits per heavy atom. The van der Waals surface area contributed by atoms with Crippen molar-refractivity contribution in [3.63, 3.8) is 0 Å². The molecule has 7 aromatic rings. The monoisotopic (exact) mass is 1030 g/mol. The number of β-amino-alcohol motifs (C(OH)–C–C–N with tert-alkyl or cyclic N) is 1. The van der Waals surface area contributed by atoms with E-state index in [0.717, 1.165) is 43.7 Å². The number of thiazole rings is 1. The lowest BCUT2D eigenvalue weighted by Crippen LogP contribution is -2.58. The highest BCUT2D eigenvalue weighted by molar-refractivity contribution is 7.13. The number of aliphatic hydroxyl groups excluding tert-OH is 1. The highest BCUT2D eigenvalue weighted by Gasteiger charge is 2.44. The van der Waals surface area contributed by atoms with Gasteiger partial charge in [0, 0.05) is 30.6 Å². The molecule has 4 N–H and O–H groups in total. The smallest absolute Gasteiger partial charge is 0.246 e. The number of likely N-dealkylation sites (tertiary alicyclic amines) is 1. The van der Waals surface area contributed by atoms with E-state index in [4.69, 9.17) is 30.5 Å². The van der Waals surface area contributed by atoms with Crippen molar-refractivity contribution in [2.24, 2.45) is 5.41 Å². The maximum absolute atomic E-state index is 14.0. The van der Waals surface area contributed by atoms with E-state index < -0.39 is 35.4 Å². The van der Waals surface area contributed by atoms with Crippen molar-refractivity contribution in [1.29, 1.82) is 0 Å². The number of aromatic nitrogens is 3. The minimum absolute atomic E-state index is 0.0260. The van der Waals surface area contributed by atoms with E-state index in [-0.39, 0.29) is 70.9 Å². The fourth-order valence-electron chi connectivity index (χ4n) is 8.29. The lowest BCUT2D eigenvalue weighted by molar-refractivity contribution is -0.144. The molecule has 1 unspecified atom stereocenters. The first kappa shape index (κ1) is 52.3. The third-order valence-electron chi connectivity index (χ3n) is 12.1. The lowest BCUT2D eigenvalue weighted by atomic mass is 9.85. The average Bonchev–Trinajstić information content (AvgIpc) is 4.00. The topological polar surface area (TPSA) is 186 Å². The van der Waals surface area contributed by atoms with Gasteiger partial charge in [0.2, 0.25) is 17.7 Å². The Labute approximate surface area is 432 Å². The second-order valence-corrected chi connectivity index (χ2v) is 19.9. The number of rotatable bonds is 21. The first-order valence-electron chi connectivity index (χ1n) is 23.8. The predicted octanol–water partition coefficient (Wildman–Crippen LogP) is 9.06. The third-order valence-corrected chi connectivity index (χ3v) is 13.4. The van der Waals surface area contributed by atoms with Gasteiger partial charge in [-0.15, -0.1) is 11.3 Å². The minimum Gasteiger partial charge on any atom is -0.491 e. The summed E-state index contributed by atoms with van der Waals surface area (Å²) in [4.78, 5) is 56.2. The van der Waals surface area contributed by atoms with Gasteiger partial charge in [-0.2, -0.15) is 0 Å². The zero-order valence-corrected chi connectivity index (χ0v) is 42.5. The van der Waals surface area contributed by atoms with E-state index in [2.05, 4.69) is 30.9 Å². The van der Waals surface area contributed by atoms with E-state index in [9.17, 15) is 23.9 Å². The number of nitrogens with zero attached hydrogens (tertiary/aromatic N) is 4. The number of benzene rings is 5. The number of aliphatic hydroxyl groups is 1. The Hall–Kier alpha value is -7.02. The molecule has 18 heteroatoms. The number of ether oxygens (including phenoxy) is 4. The zero-order valence-electron chi connectivity index (χ0n) is 40.9. The molecule has 5 aromatic carbocycles. The molecule has 0 spiro atoms. The Bertz CT molecular complexity index is 3030. The molecule has 380 valence electrons. The van der Waals surface area contributed by atoms with Gasteiger partial charge in [0.05, 0.1) is 52.5 Å². The first-order chi connectivity index (χ1) is 35.2. The number of carbonyl (C=O) groups excluding carboxylic acids is 3. The van der Waals surface area contributed by atoms with Crippen molar-refractivity contribution < 1.29 is 42.8 Å². The molecule has 8 rings (SSSR count). The molecular weight excluding hydrogens is 973 g/mol. The van der Waals surface area contributed by atoms with Crippen LogP contribution in [0.2, 0.25) is 5.02 Å². The number of carbonyl (C=O) groups is 3. The third kappa shape index (κ3) is 13.9. The molecule has 2 aromatic heterocycles. The molecule has 0 bridgehead atoms. The molecule has 3 amide bonds. The standard InChI is InChI=1S/C55H57ClFN7O8S/c1-34-50(73-33-61-34)38-10-8-35(9-11-38)28-58-53(67)47-27-42(65)29-64(47)54(68)51(55(2,3)4)63-49(66)31-70-21-20-69-22-23-71-43-16-12-37(13-17-43)39-14-18-46-44(25-39)52(60-32-59-46)62-41-15-19-48(45(56)26-41)72-30-36-6-5-7-40(57)24-36/h5-19,24-26,32-33,42,47,51,65H,20-23,27-31H2,1-4H3,(H,58,67)(H,63,66)(H,59,60,62)/t42-,47+,51?/m0/s1. The number of hydrogen-bond donors (Lipinski definition) is 4. The normalized spacial score (nSPS) is 15.0.